The van der Waals surface area contributed by atoms with E-state index in [9.17, 15) is 18.0 Å². The number of H-pyrrole nitrogens is 1. The van der Waals surface area contributed by atoms with Crippen molar-refractivity contribution in [1.82, 2.24) is 19.6 Å². The Hall–Kier alpha value is -2.50. The summed E-state index contributed by atoms with van der Waals surface area (Å²) in [7, 11) is -3.54. The second-order valence-corrected chi connectivity index (χ2v) is 9.45. The van der Waals surface area contributed by atoms with E-state index in [-0.39, 0.29) is 32.8 Å². The summed E-state index contributed by atoms with van der Waals surface area (Å²) in [6.07, 6.45) is 2.20. The topological polar surface area (TPSA) is 125 Å². The Morgan fingerprint density at radius 1 is 1.39 bits per heavy atom. The van der Waals surface area contributed by atoms with Crippen molar-refractivity contribution >= 4 is 38.4 Å². The van der Waals surface area contributed by atoms with Gasteiger partial charge in [0.05, 0.1) is 11.9 Å². The van der Waals surface area contributed by atoms with E-state index >= 15 is 0 Å². The van der Waals surface area contributed by atoms with Gasteiger partial charge in [0.15, 0.2) is 0 Å². The third kappa shape index (κ3) is 3.36. The molecule has 0 saturated carbocycles. The molecule has 0 spiro atoms. The van der Waals surface area contributed by atoms with E-state index in [0.29, 0.717) is 31.7 Å². The molecule has 1 fully saturated rings. The molecule has 148 valence electrons. The Bertz CT molecular complexity index is 1170. The zero-order valence-corrected chi connectivity index (χ0v) is 16.6. The van der Waals surface area contributed by atoms with Crippen LogP contribution in [0.25, 0.3) is 11.1 Å². The molecule has 0 radical (unpaired) electrons. The van der Waals surface area contributed by atoms with Gasteiger partial charge in [-0.2, -0.15) is 0 Å². The maximum atomic E-state index is 13.0. The number of likely N-dealkylation sites (tertiary alicyclic amines) is 1. The van der Waals surface area contributed by atoms with Crippen LogP contribution in [0.1, 0.15) is 29.0 Å². The van der Waals surface area contributed by atoms with Gasteiger partial charge in [0.2, 0.25) is 15.7 Å². The fraction of sp³-hybridized carbons (Fsp3) is 0.353. The number of carbonyl (C=O) groups excluding carboxylic acids is 1. The van der Waals surface area contributed by atoms with Crippen LogP contribution in [0, 0.1) is 6.92 Å². The fourth-order valence-corrected chi connectivity index (χ4v) is 5.68. The van der Waals surface area contributed by atoms with E-state index in [1.54, 1.807) is 29.3 Å². The van der Waals surface area contributed by atoms with Gasteiger partial charge in [0.25, 0.3) is 11.5 Å². The average molecular weight is 422 g/mol. The van der Waals surface area contributed by atoms with E-state index in [0.717, 1.165) is 11.3 Å². The van der Waals surface area contributed by atoms with Crippen LogP contribution in [0.2, 0.25) is 0 Å². The number of hydrogen-bond donors (Lipinski definition) is 2. The first-order chi connectivity index (χ1) is 13.4. The number of hydrogen-bond acceptors (Lipinski definition) is 7. The summed E-state index contributed by atoms with van der Waals surface area (Å²) in [4.78, 5) is 33.1. The molecule has 1 aliphatic rings. The number of rotatable bonds is 4. The number of thiophene rings is 1. The number of furan rings is 1. The van der Waals surface area contributed by atoms with Gasteiger partial charge in [-0.1, -0.05) is 6.07 Å². The number of amides is 1. The van der Waals surface area contributed by atoms with E-state index < -0.39 is 15.6 Å². The summed E-state index contributed by atoms with van der Waals surface area (Å²) in [5.74, 6) is 0.0269. The predicted octanol–water partition coefficient (Wildman–Crippen LogP) is 1.47. The quantitative estimate of drug-likeness (QED) is 0.656. The lowest BCUT2D eigenvalue weighted by Crippen LogP contribution is -2.46. The molecule has 0 atom stereocenters. The minimum absolute atomic E-state index is 0.128. The highest BCUT2D eigenvalue weighted by atomic mass is 32.2. The van der Waals surface area contributed by atoms with E-state index in [2.05, 4.69) is 14.7 Å². The number of aryl methyl sites for hydroxylation is 1. The number of nitrogens with one attached hydrogen (secondary N) is 2. The highest BCUT2D eigenvalue weighted by molar-refractivity contribution is 7.91. The normalized spacial score (nSPS) is 16.0. The summed E-state index contributed by atoms with van der Waals surface area (Å²) in [6, 6.07) is 3.00. The molecule has 4 rings (SSSR count). The minimum Gasteiger partial charge on any atom is -0.442 e. The maximum absolute atomic E-state index is 13.0. The van der Waals surface area contributed by atoms with Gasteiger partial charge in [-0.25, -0.2) is 18.1 Å². The standard InChI is InChI=1S/C17H18N4O5S2/c1-10-13(14-15(22)18-9-19-16(14)26-10)17(23)21-6-4-11(5-7-21)20-28(24,25)12-3-2-8-27-12/h2-3,8-9,11,20H,4-7H2,1H3,(H,18,19,22). The number of nitrogens with zero attached hydrogens (tertiary/aromatic N) is 2. The maximum Gasteiger partial charge on any atom is 0.262 e. The smallest absolute Gasteiger partial charge is 0.262 e. The molecule has 9 nitrogen and oxygen atoms in total. The molecule has 1 aliphatic heterocycles. The molecule has 1 saturated heterocycles. The van der Waals surface area contributed by atoms with Crippen molar-refractivity contribution in [2.75, 3.05) is 13.1 Å². The van der Waals surface area contributed by atoms with E-state index in [1.807, 2.05) is 0 Å². The minimum atomic E-state index is -3.54. The third-order valence-corrected chi connectivity index (χ3v) is 7.67. The van der Waals surface area contributed by atoms with Gasteiger partial charge in [0.1, 0.15) is 15.4 Å². The zero-order chi connectivity index (χ0) is 19.9. The van der Waals surface area contributed by atoms with Crippen LogP contribution in [0.3, 0.4) is 0 Å². The Balaban J connectivity index is 1.48. The summed E-state index contributed by atoms with van der Waals surface area (Å²) in [5, 5.41) is 1.86. The van der Waals surface area contributed by atoms with Crippen LogP contribution in [0.15, 0.2) is 37.3 Å². The van der Waals surface area contributed by atoms with Crippen molar-refractivity contribution in [3.63, 3.8) is 0 Å². The molecular weight excluding hydrogens is 404 g/mol. The van der Waals surface area contributed by atoms with Gasteiger partial charge < -0.3 is 14.3 Å². The third-order valence-electron chi connectivity index (χ3n) is 4.75. The first kappa shape index (κ1) is 18.8. The molecule has 3 aromatic heterocycles. The summed E-state index contributed by atoms with van der Waals surface area (Å²) in [5.41, 5.74) is -0.0889. The number of piperidine rings is 1. The summed E-state index contributed by atoms with van der Waals surface area (Å²) in [6.45, 7) is 2.37. The number of aromatic amines is 1. The van der Waals surface area contributed by atoms with Crippen molar-refractivity contribution in [3.8, 4) is 0 Å². The molecule has 11 heteroatoms. The zero-order valence-electron chi connectivity index (χ0n) is 15.0. The van der Waals surface area contributed by atoms with Crippen molar-refractivity contribution in [1.29, 1.82) is 0 Å². The summed E-state index contributed by atoms with van der Waals surface area (Å²) >= 11 is 1.16. The molecule has 2 N–H and O–H groups in total. The van der Waals surface area contributed by atoms with Crippen LogP contribution < -0.4 is 10.3 Å². The Labute approximate surface area is 164 Å². The van der Waals surface area contributed by atoms with Gasteiger partial charge in [-0.15, -0.1) is 11.3 Å². The van der Waals surface area contributed by atoms with Crippen molar-refractivity contribution in [2.45, 2.75) is 30.0 Å². The molecular formula is C17H18N4O5S2. The Kier molecular flexibility index (Phi) is 4.81. The monoisotopic (exact) mass is 422 g/mol. The highest BCUT2D eigenvalue weighted by Gasteiger charge is 2.30. The van der Waals surface area contributed by atoms with Crippen LogP contribution in [0.4, 0.5) is 0 Å². The first-order valence-corrected chi connectivity index (χ1v) is 11.0. The van der Waals surface area contributed by atoms with E-state index in [4.69, 9.17) is 4.42 Å². The van der Waals surface area contributed by atoms with Crippen LogP contribution >= 0.6 is 11.3 Å². The molecule has 0 aromatic carbocycles. The molecule has 4 heterocycles. The van der Waals surface area contributed by atoms with Crippen molar-refractivity contribution < 1.29 is 17.6 Å². The lowest BCUT2D eigenvalue weighted by atomic mass is 10.0. The molecule has 3 aromatic rings. The molecule has 0 aliphatic carbocycles. The molecule has 1 amide bonds. The predicted molar refractivity (Wildman–Crippen MR) is 103 cm³/mol. The van der Waals surface area contributed by atoms with Gasteiger partial charge in [-0.05, 0) is 31.2 Å². The fourth-order valence-electron chi connectivity index (χ4n) is 3.36. The van der Waals surface area contributed by atoms with E-state index in [1.165, 1.54) is 6.33 Å². The van der Waals surface area contributed by atoms with Crippen molar-refractivity contribution in [2.24, 2.45) is 0 Å². The van der Waals surface area contributed by atoms with Crippen LogP contribution in [-0.2, 0) is 10.0 Å². The Morgan fingerprint density at radius 3 is 2.82 bits per heavy atom. The first-order valence-electron chi connectivity index (χ1n) is 8.68. The summed E-state index contributed by atoms with van der Waals surface area (Å²) < 4.78 is 33.1. The number of aromatic nitrogens is 2. The molecule has 0 bridgehead atoms. The lowest BCUT2D eigenvalue weighted by molar-refractivity contribution is 0.0711. The average Bonchev–Trinajstić information content (AvgIpc) is 3.30. The lowest BCUT2D eigenvalue weighted by Gasteiger charge is -2.32. The SMILES string of the molecule is Cc1oc2nc[nH]c(=O)c2c1C(=O)N1CCC(NS(=O)(=O)c2cccs2)CC1. The second kappa shape index (κ2) is 7.15. The second-order valence-electron chi connectivity index (χ2n) is 6.56. The van der Waals surface area contributed by atoms with Gasteiger partial charge in [0, 0.05) is 19.1 Å². The Morgan fingerprint density at radius 2 is 2.14 bits per heavy atom. The largest absolute Gasteiger partial charge is 0.442 e. The van der Waals surface area contributed by atoms with Gasteiger partial charge >= 0.3 is 0 Å². The number of fused-ring (bicyclic) bond motifs is 1. The number of carbonyl (C=O) groups is 1. The molecule has 28 heavy (non-hydrogen) atoms. The van der Waals surface area contributed by atoms with Crippen LogP contribution in [-0.4, -0.2) is 48.3 Å². The van der Waals surface area contributed by atoms with Crippen LogP contribution in [0.5, 0.6) is 0 Å². The van der Waals surface area contributed by atoms with Gasteiger partial charge in [-0.3, -0.25) is 9.59 Å². The number of sulfonamides is 1. The van der Waals surface area contributed by atoms with Crippen molar-refractivity contribution in [3.05, 3.63) is 45.5 Å². The molecule has 0 unspecified atom stereocenters. The highest BCUT2D eigenvalue weighted by Crippen LogP contribution is 2.24.